The lowest BCUT2D eigenvalue weighted by atomic mass is 9.99. The number of Topliss-reactive ketones (excluding diaryl/α,β-unsaturated/α-hetero) is 1. The molecular weight excluding hydrogens is 382 g/mol. The van der Waals surface area contributed by atoms with Crippen molar-refractivity contribution >= 4 is 17.8 Å². The second-order valence-corrected chi connectivity index (χ2v) is 8.12. The van der Waals surface area contributed by atoms with E-state index in [0.717, 1.165) is 18.7 Å². The van der Waals surface area contributed by atoms with E-state index in [1.165, 1.54) is 24.9 Å². The highest BCUT2D eigenvalue weighted by Crippen LogP contribution is 2.39. The molecule has 0 aromatic heterocycles. The molecule has 1 saturated heterocycles. The van der Waals surface area contributed by atoms with Crippen LogP contribution in [-0.4, -0.2) is 37.1 Å². The van der Waals surface area contributed by atoms with Crippen molar-refractivity contribution in [3.63, 3.8) is 0 Å². The predicted octanol–water partition coefficient (Wildman–Crippen LogP) is 2.61. The Morgan fingerprint density at radius 2 is 2.03 bits per heavy atom. The Labute approximate surface area is 175 Å². The van der Waals surface area contributed by atoms with Gasteiger partial charge in [0.05, 0.1) is 36.9 Å². The molecule has 2 aromatic rings. The molecule has 1 unspecified atom stereocenters. The van der Waals surface area contributed by atoms with Crippen molar-refractivity contribution in [2.24, 2.45) is 5.92 Å². The monoisotopic (exact) mass is 408 g/mol. The number of nitrogens with one attached hydrogen (secondary N) is 1. The van der Waals surface area contributed by atoms with Crippen molar-refractivity contribution in [1.29, 1.82) is 0 Å². The van der Waals surface area contributed by atoms with E-state index in [4.69, 9.17) is 9.47 Å². The fourth-order valence-corrected chi connectivity index (χ4v) is 4.26. The highest BCUT2D eigenvalue weighted by Gasteiger charge is 2.33. The number of allylic oxidation sites excluding steroid dienone is 1. The maximum Gasteiger partial charge on any atom is 0.337 e. The smallest absolute Gasteiger partial charge is 0.337 e. The van der Waals surface area contributed by atoms with Gasteiger partial charge in [-0.1, -0.05) is 19.1 Å². The number of phenolic OH excluding ortho intramolecular Hbond substituents is 1. The molecule has 30 heavy (non-hydrogen) atoms. The first kappa shape index (κ1) is 20.2. The molecule has 2 aromatic carbocycles. The van der Waals surface area contributed by atoms with Crippen LogP contribution < -0.4 is 9.64 Å². The second-order valence-electron chi connectivity index (χ2n) is 8.12. The van der Waals surface area contributed by atoms with Crippen LogP contribution in [0.1, 0.15) is 51.6 Å². The average molecular weight is 408 g/mol. The van der Waals surface area contributed by atoms with Crippen LogP contribution in [-0.2, 0) is 11.3 Å². The number of esters is 1. The van der Waals surface area contributed by atoms with E-state index in [-0.39, 0.29) is 17.3 Å². The van der Waals surface area contributed by atoms with Crippen molar-refractivity contribution in [1.82, 2.24) is 0 Å². The van der Waals surface area contributed by atoms with Crippen molar-refractivity contribution in [3.8, 4) is 11.5 Å². The summed E-state index contributed by atoms with van der Waals surface area (Å²) in [6.45, 7) is 4.98. The van der Waals surface area contributed by atoms with E-state index in [2.05, 4.69) is 6.92 Å². The minimum Gasteiger partial charge on any atom is -0.507 e. The number of rotatable bonds is 4. The van der Waals surface area contributed by atoms with Gasteiger partial charge in [0.2, 0.25) is 5.78 Å². The van der Waals surface area contributed by atoms with Gasteiger partial charge in [-0.15, -0.1) is 0 Å². The molecule has 0 bridgehead atoms. The van der Waals surface area contributed by atoms with Gasteiger partial charge < -0.3 is 19.5 Å². The van der Waals surface area contributed by atoms with E-state index in [0.29, 0.717) is 34.9 Å². The van der Waals surface area contributed by atoms with Crippen LogP contribution >= 0.6 is 0 Å². The number of phenols is 1. The van der Waals surface area contributed by atoms with E-state index < -0.39 is 5.97 Å². The molecule has 0 amide bonds. The first-order chi connectivity index (χ1) is 14.5. The Bertz CT molecular complexity index is 1010. The number of carbonyl (C=O) groups excluding carboxylic acids is 2. The molecule has 1 fully saturated rings. The van der Waals surface area contributed by atoms with Crippen molar-refractivity contribution in [2.75, 3.05) is 20.2 Å². The number of methoxy groups -OCH3 is 1. The molecule has 2 heterocycles. The number of ether oxygens (including phenoxy) is 2. The number of aromatic hydroxyl groups is 1. The SMILES string of the molecule is COC(=O)c1ccc(C=C2Oc3c(ccc(O)c3C[NH+]3CCC[C@H](C)C3)C2=O)cc1. The number of likely N-dealkylation sites (tertiary alicyclic amines) is 1. The van der Waals surface area contributed by atoms with Gasteiger partial charge in [0, 0.05) is 5.92 Å². The summed E-state index contributed by atoms with van der Waals surface area (Å²) in [6.07, 6.45) is 4.05. The van der Waals surface area contributed by atoms with Gasteiger partial charge in [-0.3, -0.25) is 4.79 Å². The largest absolute Gasteiger partial charge is 0.507 e. The zero-order chi connectivity index (χ0) is 21.3. The van der Waals surface area contributed by atoms with Gasteiger partial charge >= 0.3 is 5.97 Å². The van der Waals surface area contributed by atoms with Gasteiger partial charge in [0.15, 0.2) is 11.5 Å². The van der Waals surface area contributed by atoms with E-state index in [1.807, 2.05) is 0 Å². The summed E-state index contributed by atoms with van der Waals surface area (Å²) >= 11 is 0. The maximum atomic E-state index is 12.9. The minimum atomic E-state index is -0.413. The Kier molecular flexibility index (Phi) is 5.59. The van der Waals surface area contributed by atoms with Crippen LogP contribution in [0.15, 0.2) is 42.2 Å². The molecule has 2 atom stereocenters. The van der Waals surface area contributed by atoms with Gasteiger partial charge in [-0.05, 0) is 48.7 Å². The van der Waals surface area contributed by atoms with Crippen LogP contribution in [0, 0.1) is 5.92 Å². The lowest BCUT2D eigenvalue weighted by Crippen LogP contribution is -3.12. The number of piperidine rings is 1. The molecule has 6 heteroatoms. The number of hydrogen-bond donors (Lipinski definition) is 2. The molecule has 2 aliphatic heterocycles. The van der Waals surface area contributed by atoms with Crippen molar-refractivity contribution < 1.29 is 29.1 Å². The van der Waals surface area contributed by atoms with Crippen LogP contribution in [0.2, 0.25) is 0 Å². The normalized spacial score (nSPS) is 21.9. The average Bonchev–Trinajstić information content (AvgIpc) is 3.06. The van der Waals surface area contributed by atoms with E-state index in [9.17, 15) is 14.7 Å². The minimum absolute atomic E-state index is 0.163. The van der Waals surface area contributed by atoms with Crippen molar-refractivity contribution in [3.05, 3.63) is 64.4 Å². The van der Waals surface area contributed by atoms with Gasteiger partial charge in [-0.25, -0.2) is 4.79 Å². The summed E-state index contributed by atoms with van der Waals surface area (Å²) < 4.78 is 10.7. The summed E-state index contributed by atoms with van der Waals surface area (Å²) in [7, 11) is 1.33. The highest BCUT2D eigenvalue weighted by molar-refractivity contribution is 6.15. The van der Waals surface area contributed by atoms with Crippen LogP contribution in [0.4, 0.5) is 0 Å². The predicted molar refractivity (Wildman–Crippen MR) is 112 cm³/mol. The molecule has 2 aliphatic rings. The maximum absolute atomic E-state index is 12.9. The zero-order valence-corrected chi connectivity index (χ0v) is 17.2. The van der Waals surface area contributed by atoms with Gasteiger partial charge in [0.25, 0.3) is 0 Å². The molecule has 0 spiro atoms. The number of quaternary nitrogens is 1. The Morgan fingerprint density at radius 1 is 1.27 bits per heavy atom. The Morgan fingerprint density at radius 3 is 2.73 bits per heavy atom. The molecule has 0 radical (unpaired) electrons. The third-order valence-electron chi connectivity index (χ3n) is 5.84. The molecule has 0 saturated carbocycles. The molecule has 2 N–H and O–H groups in total. The lowest BCUT2D eigenvalue weighted by Gasteiger charge is -2.28. The summed E-state index contributed by atoms with van der Waals surface area (Å²) in [5.74, 6) is 0.872. The topological polar surface area (TPSA) is 77.3 Å². The van der Waals surface area contributed by atoms with E-state index in [1.54, 1.807) is 42.5 Å². The Hall–Kier alpha value is -3.12. The summed E-state index contributed by atoms with van der Waals surface area (Å²) in [4.78, 5) is 25.8. The summed E-state index contributed by atoms with van der Waals surface area (Å²) in [5, 5.41) is 10.5. The summed E-state index contributed by atoms with van der Waals surface area (Å²) in [5.41, 5.74) is 2.34. The van der Waals surface area contributed by atoms with Crippen molar-refractivity contribution in [2.45, 2.75) is 26.3 Å². The van der Waals surface area contributed by atoms with Crippen LogP contribution in [0.25, 0.3) is 6.08 Å². The number of fused-ring (bicyclic) bond motifs is 1. The first-order valence-corrected chi connectivity index (χ1v) is 10.3. The lowest BCUT2D eigenvalue weighted by molar-refractivity contribution is -0.922. The zero-order valence-electron chi connectivity index (χ0n) is 17.2. The van der Waals surface area contributed by atoms with Gasteiger partial charge in [0.1, 0.15) is 12.3 Å². The summed E-state index contributed by atoms with van der Waals surface area (Å²) in [6, 6.07) is 9.95. The number of hydrogen-bond acceptors (Lipinski definition) is 5. The molecule has 4 rings (SSSR count). The fraction of sp³-hybridized carbons (Fsp3) is 0.333. The van der Waals surface area contributed by atoms with Crippen LogP contribution in [0.3, 0.4) is 0 Å². The fourth-order valence-electron chi connectivity index (χ4n) is 4.26. The van der Waals surface area contributed by atoms with E-state index >= 15 is 0 Å². The molecule has 156 valence electrons. The number of carbonyl (C=O) groups is 2. The first-order valence-electron chi connectivity index (χ1n) is 10.3. The van der Waals surface area contributed by atoms with Crippen LogP contribution in [0.5, 0.6) is 11.5 Å². The number of ketones is 1. The quantitative estimate of drug-likeness (QED) is 0.601. The molecular formula is C24H26NO5+. The molecule has 6 nitrogen and oxygen atoms in total. The number of benzene rings is 2. The standard InChI is InChI=1S/C24H25NO5/c1-15-4-3-11-25(13-15)14-19-20(26)10-9-18-22(27)21(30-23(18)19)12-16-5-7-17(8-6-16)24(28)29-2/h5-10,12,15,26H,3-4,11,13-14H2,1-2H3/p+1/t15-/m0/s1. The third kappa shape index (κ3) is 3.96. The third-order valence-corrected chi connectivity index (χ3v) is 5.84. The second kappa shape index (κ2) is 8.32. The molecule has 0 aliphatic carbocycles. The highest BCUT2D eigenvalue weighted by atomic mass is 16.5. The Balaban J connectivity index is 1.59. The van der Waals surface area contributed by atoms with Gasteiger partial charge in [-0.2, -0.15) is 0 Å².